The van der Waals surface area contributed by atoms with Gasteiger partial charge >= 0.3 is 0 Å². The van der Waals surface area contributed by atoms with Gasteiger partial charge in [-0.15, -0.1) is 0 Å². The SMILES string of the molecule is C=C(C)C(N)c1ccc(Br)cn1. The van der Waals surface area contributed by atoms with Crippen LogP contribution in [0.15, 0.2) is 35.0 Å². The van der Waals surface area contributed by atoms with Gasteiger partial charge in [0.1, 0.15) is 0 Å². The van der Waals surface area contributed by atoms with Gasteiger partial charge in [0.05, 0.1) is 11.7 Å². The Morgan fingerprint density at radius 3 is 2.75 bits per heavy atom. The highest BCUT2D eigenvalue weighted by Crippen LogP contribution is 2.16. The third kappa shape index (κ3) is 2.16. The maximum atomic E-state index is 5.81. The molecule has 0 fully saturated rings. The van der Waals surface area contributed by atoms with Crippen molar-refractivity contribution in [1.82, 2.24) is 4.98 Å². The molecule has 3 heteroatoms. The molecule has 1 heterocycles. The number of nitrogens with two attached hydrogens (primary N) is 1. The number of aromatic nitrogens is 1. The molecule has 0 aliphatic rings. The molecule has 1 atom stereocenters. The smallest absolute Gasteiger partial charge is 0.0680 e. The maximum absolute atomic E-state index is 5.81. The molecule has 2 N–H and O–H groups in total. The zero-order chi connectivity index (χ0) is 9.14. The number of rotatable bonds is 2. The van der Waals surface area contributed by atoms with Crippen LogP contribution in [0.1, 0.15) is 18.7 Å². The molecule has 64 valence electrons. The largest absolute Gasteiger partial charge is 0.319 e. The molecule has 0 spiro atoms. The summed E-state index contributed by atoms with van der Waals surface area (Å²) in [6.07, 6.45) is 1.73. The summed E-state index contributed by atoms with van der Waals surface area (Å²) in [6, 6.07) is 3.66. The molecule has 0 aliphatic heterocycles. The molecule has 1 rings (SSSR count). The van der Waals surface area contributed by atoms with Crippen LogP contribution in [0.2, 0.25) is 0 Å². The summed E-state index contributed by atoms with van der Waals surface area (Å²) in [5, 5.41) is 0. The standard InChI is InChI=1S/C9H11BrN2/c1-6(2)9(11)8-4-3-7(10)5-12-8/h3-5,9H,1,11H2,2H3. The molecule has 0 radical (unpaired) electrons. The van der Waals surface area contributed by atoms with Crippen LogP contribution in [0.3, 0.4) is 0 Å². The molecule has 12 heavy (non-hydrogen) atoms. The van der Waals surface area contributed by atoms with Crippen LogP contribution in [0.25, 0.3) is 0 Å². The summed E-state index contributed by atoms with van der Waals surface area (Å²) in [4.78, 5) is 4.17. The third-order valence-corrected chi connectivity index (χ3v) is 2.07. The van der Waals surface area contributed by atoms with E-state index in [-0.39, 0.29) is 6.04 Å². The number of hydrogen-bond donors (Lipinski definition) is 1. The fourth-order valence-corrected chi connectivity index (χ4v) is 1.06. The predicted molar refractivity (Wildman–Crippen MR) is 53.7 cm³/mol. The molecule has 1 aromatic rings. The molecule has 0 amide bonds. The predicted octanol–water partition coefficient (Wildman–Crippen LogP) is 2.42. The number of nitrogens with zero attached hydrogens (tertiary/aromatic N) is 1. The topological polar surface area (TPSA) is 38.9 Å². The lowest BCUT2D eigenvalue weighted by molar-refractivity contribution is 0.810. The van der Waals surface area contributed by atoms with Gasteiger partial charge in [-0.25, -0.2) is 0 Å². The molecule has 0 bridgehead atoms. The van der Waals surface area contributed by atoms with E-state index in [2.05, 4.69) is 27.5 Å². The van der Waals surface area contributed by atoms with E-state index < -0.39 is 0 Å². The first kappa shape index (κ1) is 9.42. The fourth-order valence-electron chi connectivity index (χ4n) is 0.824. The number of pyridine rings is 1. The summed E-state index contributed by atoms with van der Waals surface area (Å²) in [5.41, 5.74) is 7.58. The lowest BCUT2D eigenvalue weighted by Crippen LogP contribution is -2.12. The van der Waals surface area contributed by atoms with Crippen molar-refractivity contribution in [3.05, 3.63) is 40.6 Å². The van der Waals surface area contributed by atoms with Crippen LogP contribution < -0.4 is 5.73 Å². The highest BCUT2D eigenvalue weighted by atomic mass is 79.9. The third-order valence-electron chi connectivity index (χ3n) is 1.60. The zero-order valence-corrected chi connectivity index (χ0v) is 8.51. The van der Waals surface area contributed by atoms with Gasteiger partial charge in [-0.1, -0.05) is 12.2 Å². The van der Waals surface area contributed by atoms with Gasteiger partial charge in [0.2, 0.25) is 0 Å². The Kier molecular flexibility index (Phi) is 3.00. The minimum atomic E-state index is -0.155. The van der Waals surface area contributed by atoms with E-state index in [0.29, 0.717) is 0 Å². The van der Waals surface area contributed by atoms with Gasteiger partial charge in [0.15, 0.2) is 0 Å². The second kappa shape index (κ2) is 3.83. The first-order valence-corrected chi connectivity index (χ1v) is 4.43. The van der Waals surface area contributed by atoms with E-state index in [0.717, 1.165) is 15.7 Å². The van der Waals surface area contributed by atoms with E-state index in [1.54, 1.807) is 6.20 Å². The van der Waals surface area contributed by atoms with Crippen LogP contribution in [-0.2, 0) is 0 Å². The summed E-state index contributed by atoms with van der Waals surface area (Å²) in [5.74, 6) is 0. The van der Waals surface area contributed by atoms with E-state index in [1.165, 1.54) is 0 Å². The molecule has 0 saturated heterocycles. The van der Waals surface area contributed by atoms with Crippen molar-refractivity contribution in [3.8, 4) is 0 Å². The quantitative estimate of drug-likeness (QED) is 0.788. The van der Waals surface area contributed by atoms with Gasteiger partial charge in [-0.05, 0) is 35.0 Å². The minimum absolute atomic E-state index is 0.155. The molecule has 1 aromatic heterocycles. The zero-order valence-electron chi connectivity index (χ0n) is 6.92. The van der Waals surface area contributed by atoms with E-state index in [1.807, 2.05) is 19.1 Å². The van der Waals surface area contributed by atoms with E-state index in [4.69, 9.17) is 5.73 Å². The molecule has 1 unspecified atom stereocenters. The highest BCUT2D eigenvalue weighted by molar-refractivity contribution is 9.10. The van der Waals surface area contributed by atoms with Crippen molar-refractivity contribution in [2.45, 2.75) is 13.0 Å². The van der Waals surface area contributed by atoms with Crippen molar-refractivity contribution in [1.29, 1.82) is 0 Å². The second-order valence-electron chi connectivity index (χ2n) is 2.73. The Bertz CT molecular complexity index is 279. The molecular weight excluding hydrogens is 216 g/mol. The van der Waals surface area contributed by atoms with Crippen LogP contribution in [0, 0.1) is 0 Å². The first-order valence-electron chi connectivity index (χ1n) is 3.63. The average molecular weight is 227 g/mol. The highest BCUT2D eigenvalue weighted by Gasteiger charge is 2.06. The Balaban J connectivity index is 2.89. The maximum Gasteiger partial charge on any atom is 0.0680 e. The number of halogens is 1. The summed E-state index contributed by atoms with van der Waals surface area (Å²) >= 11 is 3.31. The summed E-state index contributed by atoms with van der Waals surface area (Å²) in [6.45, 7) is 5.67. The lowest BCUT2D eigenvalue weighted by atomic mass is 10.1. The minimum Gasteiger partial charge on any atom is -0.319 e. The van der Waals surface area contributed by atoms with Gasteiger partial charge < -0.3 is 5.73 Å². The van der Waals surface area contributed by atoms with Crippen LogP contribution in [0.4, 0.5) is 0 Å². The Morgan fingerprint density at radius 1 is 1.67 bits per heavy atom. The monoisotopic (exact) mass is 226 g/mol. The van der Waals surface area contributed by atoms with Gasteiger partial charge in [0, 0.05) is 10.7 Å². The summed E-state index contributed by atoms with van der Waals surface area (Å²) in [7, 11) is 0. The van der Waals surface area contributed by atoms with Crippen LogP contribution >= 0.6 is 15.9 Å². The first-order chi connectivity index (χ1) is 5.61. The normalized spacial score (nSPS) is 12.6. The molecule has 0 saturated carbocycles. The van der Waals surface area contributed by atoms with Crippen LogP contribution in [0.5, 0.6) is 0 Å². The van der Waals surface area contributed by atoms with Crippen molar-refractivity contribution in [3.63, 3.8) is 0 Å². The second-order valence-corrected chi connectivity index (χ2v) is 3.64. The van der Waals surface area contributed by atoms with E-state index >= 15 is 0 Å². The number of hydrogen-bond acceptors (Lipinski definition) is 2. The summed E-state index contributed by atoms with van der Waals surface area (Å²) < 4.78 is 0.958. The lowest BCUT2D eigenvalue weighted by Gasteiger charge is -2.09. The molecule has 0 aromatic carbocycles. The van der Waals surface area contributed by atoms with Gasteiger partial charge in [-0.3, -0.25) is 4.98 Å². The molecule has 2 nitrogen and oxygen atoms in total. The van der Waals surface area contributed by atoms with Crippen molar-refractivity contribution in [2.75, 3.05) is 0 Å². The average Bonchev–Trinajstić information content (AvgIpc) is 2.04. The Hall–Kier alpha value is -0.670. The Morgan fingerprint density at radius 2 is 2.33 bits per heavy atom. The van der Waals surface area contributed by atoms with Crippen molar-refractivity contribution >= 4 is 15.9 Å². The van der Waals surface area contributed by atoms with Crippen molar-refractivity contribution < 1.29 is 0 Å². The van der Waals surface area contributed by atoms with Gasteiger partial charge in [0.25, 0.3) is 0 Å². The molecular formula is C9H11BrN2. The fraction of sp³-hybridized carbons (Fsp3) is 0.222. The Labute approximate surface area is 80.6 Å². The van der Waals surface area contributed by atoms with Gasteiger partial charge in [-0.2, -0.15) is 0 Å². The van der Waals surface area contributed by atoms with Crippen LogP contribution in [-0.4, -0.2) is 4.98 Å². The van der Waals surface area contributed by atoms with Crippen molar-refractivity contribution in [2.24, 2.45) is 5.73 Å². The molecule has 0 aliphatic carbocycles. The van der Waals surface area contributed by atoms with E-state index in [9.17, 15) is 0 Å².